The van der Waals surface area contributed by atoms with Crippen LogP contribution in [0.5, 0.6) is 0 Å². The van der Waals surface area contributed by atoms with Crippen molar-refractivity contribution < 1.29 is 27.9 Å². The number of alkyl halides is 3. The second-order valence-electron chi connectivity index (χ2n) is 8.02. The standard InChI is InChI=1S/C18H24N4OS.C2HF3O2/c1-20-10-6-19-16(20)12-21-7-3-18(14-21)4-8-22(9-5-18)17(23)15-2-11-24-13-15;3-2(4,5)1(6)7/h2,6,10-11,13H,3-5,7-9,12,14H2,1H3;(H,6,7). The Bertz CT molecular complexity index is 890. The Morgan fingerprint density at radius 2 is 1.87 bits per heavy atom. The number of rotatable bonds is 3. The normalized spacial score (nSPS) is 18.6. The summed E-state index contributed by atoms with van der Waals surface area (Å²) in [6.07, 6.45) is 2.29. The van der Waals surface area contributed by atoms with Crippen LogP contribution >= 0.6 is 11.3 Å². The van der Waals surface area contributed by atoms with Crippen molar-refractivity contribution >= 4 is 23.2 Å². The van der Waals surface area contributed by atoms with Crippen molar-refractivity contribution in [3.05, 3.63) is 40.6 Å². The molecule has 0 atom stereocenters. The number of amides is 1. The van der Waals surface area contributed by atoms with Gasteiger partial charge >= 0.3 is 12.1 Å². The first kappa shape index (κ1) is 23.3. The van der Waals surface area contributed by atoms with Crippen LogP contribution in [-0.2, 0) is 18.4 Å². The minimum atomic E-state index is -5.08. The molecule has 0 aromatic carbocycles. The first-order valence-electron chi connectivity index (χ1n) is 9.90. The number of nitrogens with zero attached hydrogens (tertiary/aromatic N) is 4. The topological polar surface area (TPSA) is 78.7 Å². The van der Waals surface area contributed by atoms with Crippen LogP contribution in [0.2, 0.25) is 0 Å². The molecular formula is C20H25F3N4O3S. The molecule has 11 heteroatoms. The minimum absolute atomic E-state index is 0.203. The molecule has 0 radical (unpaired) electrons. The summed E-state index contributed by atoms with van der Waals surface area (Å²) in [5, 5.41) is 11.1. The number of aliphatic carboxylic acids is 1. The van der Waals surface area contributed by atoms with E-state index in [0.717, 1.165) is 57.0 Å². The molecule has 1 amide bonds. The van der Waals surface area contributed by atoms with Crippen LogP contribution < -0.4 is 0 Å². The predicted octanol–water partition coefficient (Wildman–Crippen LogP) is 3.24. The highest BCUT2D eigenvalue weighted by atomic mass is 32.1. The highest BCUT2D eigenvalue weighted by molar-refractivity contribution is 7.08. The number of aryl methyl sites for hydroxylation is 1. The van der Waals surface area contributed by atoms with E-state index in [1.165, 1.54) is 6.42 Å². The summed E-state index contributed by atoms with van der Waals surface area (Å²) in [7, 11) is 2.06. The van der Waals surface area contributed by atoms with E-state index in [1.807, 2.05) is 34.1 Å². The van der Waals surface area contributed by atoms with Crippen LogP contribution in [0.25, 0.3) is 0 Å². The van der Waals surface area contributed by atoms with Crippen LogP contribution in [-0.4, -0.2) is 68.7 Å². The lowest BCUT2D eigenvalue weighted by molar-refractivity contribution is -0.192. The number of hydrogen-bond acceptors (Lipinski definition) is 5. The van der Waals surface area contributed by atoms with Crippen LogP contribution in [0.3, 0.4) is 0 Å². The summed E-state index contributed by atoms with van der Waals surface area (Å²) in [4.78, 5) is 30.4. The molecular weight excluding hydrogens is 433 g/mol. The monoisotopic (exact) mass is 458 g/mol. The smallest absolute Gasteiger partial charge is 0.475 e. The number of thiophene rings is 1. The van der Waals surface area contributed by atoms with Crippen LogP contribution in [0.4, 0.5) is 13.2 Å². The fourth-order valence-corrected chi connectivity index (χ4v) is 4.70. The summed E-state index contributed by atoms with van der Waals surface area (Å²) < 4.78 is 33.8. The lowest BCUT2D eigenvalue weighted by Crippen LogP contribution is -2.44. The van der Waals surface area contributed by atoms with Gasteiger partial charge in [-0.3, -0.25) is 9.69 Å². The summed E-state index contributed by atoms with van der Waals surface area (Å²) in [6, 6.07) is 1.93. The average Bonchev–Trinajstić information content (AvgIpc) is 3.45. The van der Waals surface area contributed by atoms with E-state index in [4.69, 9.17) is 9.90 Å². The van der Waals surface area contributed by atoms with Gasteiger partial charge < -0.3 is 14.6 Å². The van der Waals surface area contributed by atoms with E-state index >= 15 is 0 Å². The number of carboxylic acid groups (broad SMARTS) is 1. The van der Waals surface area contributed by atoms with Gasteiger partial charge in [-0.15, -0.1) is 0 Å². The van der Waals surface area contributed by atoms with Crippen molar-refractivity contribution in [1.29, 1.82) is 0 Å². The molecule has 7 nitrogen and oxygen atoms in total. The number of carbonyl (C=O) groups excluding carboxylic acids is 1. The molecule has 2 aromatic rings. The highest BCUT2D eigenvalue weighted by Crippen LogP contribution is 2.41. The third kappa shape index (κ3) is 5.85. The SMILES string of the molecule is Cn1ccnc1CN1CCC2(CCN(C(=O)c3ccsc3)CC2)C1.O=C(O)C(F)(F)F. The number of halogens is 3. The van der Waals surface area contributed by atoms with Crippen molar-refractivity contribution in [2.45, 2.75) is 32.0 Å². The molecule has 2 aliphatic rings. The third-order valence-electron chi connectivity index (χ3n) is 5.93. The van der Waals surface area contributed by atoms with E-state index < -0.39 is 12.1 Å². The predicted molar refractivity (Wildman–Crippen MR) is 109 cm³/mol. The second kappa shape index (κ2) is 9.39. The zero-order valence-electron chi connectivity index (χ0n) is 17.1. The van der Waals surface area contributed by atoms with E-state index in [1.54, 1.807) is 11.3 Å². The molecule has 0 bridgehead atoms. The number of carbonyl (C=O) groups is 2. The zero-order valence-corrected chi connectivity index (χ0v) is 18.0. The Morgan fingerprint density at radius 1 is 1.23 bits per heavy atom. The van der Waals surface area contributed by atoms with Crippen molar-refractivity contribution in [1.82, 2.24) is 19.4 Å². The molecule has 31 heavy (non-hydrogen) atoms. The van der Waals surface area contributed by atoms with Crippen LogP contribution in [0, 0.1) is 5.41 Å². The number of hydrogen-bond donors (Lipinski definition) is 1. The Kier molecular flexibility index (Phi) is 7.05. The summed E-state index contributed by atoms with van der Waals surface area (Å²) >= 11 is 1.59. The minimum Gasteiger partial charge on any atom is -0.475 e. The lowest BCUT2D eigenvalue weighted by atomic mass is 9.77. The third-order valence-corrected chi connectivity index (χ3v) is 6.61. The molecule has 1 spiro atoms. The van der Waals surface area contributed by atoms with E-state index in [9.17, 15) is 18.0 Å². The molecule has 1 N–H and O–H groups in total. The quantitative estimate of drug-likeness (QED) is 0.764. The first-order chi connectivity index (χ1) is 14.6. The highest BCUT2D eigenvalue weighted by Gasteiger charge is 2.41. The van der Waals surface area contributed by atoms with Crippen LogP contribution in [0.15, 0.2) is 29.2 Å². The summed E-state index contributed by atoms with van der Waals surface area (Å²) in [5.41, 5.74) is 1.25. The van der Waals surface area contributed by atoms with Crippen molar-refractivity contribution in [2.75, 3.05) is 26.2 Å². The molecule has 0 unspecified atom stereocenters. The number of piperidine rings is 1. The maximum Gasteiger partial charge on any atom is 0.490 e. The number of aromatic nitrogens is 2. The van der Waals surface area contributed by atoms with E-state index in [2.05, 4.69) is 21.5 Å². The van der Waals surface area contributed by atoms with Gasteiger partial charge in [-0.05, 0) is 42.7 Å². The number of likely N-dealkylation sites (tertiary alicyclic amines) is 2. The van der Waals surface area contributed by atoms with Crippen LogP contribution in [0.1, 0.15) is 35.4 Å². The molecule has 170 valence electrons. The Hall–Kier alpha value is -2.40. The fraction of sp³-hybridized carbons (Fsp3) is 0.550. The average molecular weight is 459 g/mol. The van der Waals surface area contributed by atoms with Gasteiger partial charge in [0.15, 0.2) is 0 Å². The van der Waals surface area contributed by atoms with E-state index in [-0.39, 0.29) is 5.91 Å². The Morgan fingerprint density at radius 3 is 2.39 bits per heavy atom. The molecule has 2 saturated heterocycles. The van der Waals surface area contributed by atoms with Gasteiger partial charge in [-0.1, -0.05) is 0 Å². The summed E-state index contributed by atoms with van der Waals surface area (Å²) in [5.74, 6) is -1.42. The molecule has 4 heterocycles. The lowest BCUT2D eigenvalue weighted by Gasteiger charge is -2.39. The zero-order chi connectivity index (χ0) is 22.6. The largest absolute Gasteiger partial charge is 0.490 e. The van der Waals surface area contributed by atoms with Gasteiger partial charge in [-0.2, -0.15) is 24.5 Å². The second-order valence-corrected chi connectivity index (χ2v) is 8.80. The fourth-order valence-electron chi connectivity index (χ4n) is 4.07. The first-order valence-corrected chi connectivity index (χ1v) is 10.8. The van der Waals surface area contributed by atoms with Gasteiger partial charge in [-0.25, -0.2) is 9.78 Å². The summed E-state index contributed by atoms with van der Waals surface area (Å²) in [6.45, 7) is 5.00. The van der Waals surface area contributed by atoms with Crippen molar-refractivity contribution in [3.63, 3.8) is 0 Å². The van der Waals surface area contributed by atoms with Crippen molar-refractivity contribution in [3.8, 4) is 0 Å². The Balaban J connectivity index is 0.000000339. The van der Waals surface area contributed by atoms with Crippen molar-refractivity contribution in [2.24, 2.45) is 12.5 Å². The molecule has 0 aliphatic carbocycles. The maximum atomic E-state index is 12.5. The number of imidazole rings is 1. The van der Waals surface area contributed by atoms with Gasteiger partial charge in [0.2, 0.25) is 0 Å². The maximum absolute atomic E-state index is 12.5. The van der Waals surface area contributed by atoms with Gasteiger partial charge in [0.1, 0.15) is 5.82 Å². The van der Waals surface area contributed by atoms with Gasteiger partial charge in [0, 0.05) is 44.5 Å². The molecule has 4 rings (SSSR count). The molecule has 2 aliphatic heterocycles. The van der Waals surface area contributed by atoms with Gasteiger partial charge in [0.05, 0.1) is 12.1 Å². The molecule has 0 saturated carbocycles. The van der Waals surface area contributed by atoms with E-state index in [0.29, 0.717) is 5.41 Å². The molecule has 2 fully saturated rings. The van der Waals surface area contributed by atoms with Gasteiger partial charge in [0.25, 0.3) is 5.91 Å². The number of carboxylic acids is 1. The molecule has 2 aromatic heterocycles. The Labute approximate surface area is 182 Å².